The summed E-state index contributed by atoms with van der Waals surface area (Å²) in [5, 5.41) is 0. The van der Waals surface area contributed by atoms with Gasteiger partial charge in [-0.3, -0.25) is 0 Å². The van der Waals surface area contributed by atoms with E-state index < -0.39 is 11.7 Å². The van der Waals surface area contributed by atoms with E-state index in [-0.39, 0.29) is 12.1 Å². The molecule has 1 saturated carbocycles. The first-order valence-electron chi connectivity index (χ1n) is 6.15. The molecule has 2 nitrogen and oxygen atoms in total. The summed E-state index contributed by atoms with van der Waals surface area (Å²) >= 11 is 3.13. The van der Waals surface area contributed by atoms with Crippen LogP contribution in [0, 0.1) is 0 Å². The van der Waals surface area contributed by atoms with Gasteiger partial charge in [-0.1, -0.05) is 0 Å². The summed E-state index contributed by atoms with van der Waals surface area (Å²) in [6.45, 7) is 0. The van der Waals surface area contributed by atoms with Crippen LogP contribution in [0.2, 0.25) is 0 Å². The predicted molar refractivity (Wildman–Crippen MR) is 70.0 cm³/mol. The quantitative estimate of drug-likeness (QED) is 0.881. The van der Waals surface area contributed by atoms with E-state index in [2.05, 4.69) is 15.9 Å². The Kier molecular flexibility index (Phi) is 4.40. The van der Waals surface area contributed by atoms with Crippen molar-refractivity contribution in [3.05, 3.63) is 28.2 Å². The summed E-state index contributed by atoms with van der Waals surface area (Å²) in [4.78, 5) is 0. The van der Waals surface area contributed by atoms with Gasteiger partial charge < -0.3 is 10.5 Å². The molecule has 2 N–H and O–H groups in total. The SMILES string of the molecule is NC1CCC(Oc2ccc(C(F)(F)F)cc2Br)CC1. The van der Waals surface area contributed by atoms with Crippen molar-refractivity contribution in [1.29, 1.82) is 0 Å². The highest BCUT2D eigenvalue weighted by Crippen LogP contribution is 2.36. The molecule has 1 fully saturated rings. The number of hydrogen-bond donors (Lipinski definition) is 1. The van der Waals surface area contributed by atoms with E-state index in [1.807, 2.05) is 0 Å². The lowest BCUT2D eigenvalue weighted by molar-refractivity contribution is -0.137. The third kappa shape index (κ3) is 3.86. The van der Waals surface area contributed by atoms with Crippen LogP contribution >= 0.6 is 15.9 Å². The Morgan fingerprint density at radius 3 is 2.32 bits per heavy atom. The number of nitrogens with two attached hydrogens (primary N) is 1. The van der Waals surface area contributed by atoms with E-state index >= 15 is 0 Å². The molecule has 1 aromatic carbocycles. The third-order valence-corrected chi connectivity index (χ3v) is 3.89. The molecule has 6 heteroatoms. The van der Waals surface area contributed by atoms with Gasteiger partial charge in [0, 0.05) is 6.04 Å². The Bertz CT molecular complexity index is 442. The van der Waals surface area contributed by atoms with Crippen molar-refractivity contribution in [2.75, 3.05) is 0 Å². The van der Waals surface area contributed by atoms with E-state index in [9.17, 15) is 13.2 Å². The lowest BCUT2D eigenvalue weighted by Gasteiger charge is -2.27. The molecule has 2 rings (SSSR count). The van der Waals surface area contributed by atoms with Crippen molar-refractivity contribution in [3.8, 4) is 5.75 Å². The van der Waals surface area contributed by atoms with Crippen molar-refractivity contribution in [3.63, 3.8) is 0 Å². The van der Waals surface area contributed by atoms with Crippen LogP contribution < -0.4 is 10.5 Å². The van der Waals surface area contributed by atoms with Gasteiger partial charge in [0.25, 0.3) is 0 Å². The molecule has 19 heavy (non-hydrogen) atoms. The molecular formula is C13H15BrF3NO. The summed E-state index contributed by atoms with van der Waals surface area (Å²) in [7, 11) is 0. The molecule has 106 valence electrons. The van der Waals surface area contributed by atoms with Crippen molar-refractivity contribution < 1.29 is 17.9 Å². The summed E-state index contributed by atoms with van der Waals surface area (Å²) in [5.74, 6) is 0.452. The van der Waals surface area contributed by atoms with Gasteiger partial charge in [0.2, 0.25) is 0 Å². The van der Waals surface area contributed by atoms with Crippen LogP contribution in [0.4, 0.5) is 13.2 Å². The minimum atomic E-state index is -4.33. The maximum absolute atomic E-state index is 12.5. The molecule has 0 amide bonds. The fraction of sp³-hybridized carbons (Fsp3) is 0.538. The molecule has 0 aromatic heterocycles. The average Bonchev–Trinajstić information content (AvgIpc) is 2.33. The maximum atomic E-state index is 12.5. The fourth-order valence-electron chi connectivity index (χ4n) is 2.16. The summed E-state index contributed by atoms with van der Waals surface area (Å²) in [5.41, 5.74) is 5.12. The van der Waals surface area contributed by atoms with Gasteiger partial charge in [-0.25, -0.2) is 0 Å². The normalized spacial score (nSPS) is 24.3. The monoisotopic (exact) mass is 337 g/mol. The number of hydrogen-bond acceptors (Lipinski definition) is 2. The van der Waals surface area contributed by atoms with Crippen LogP contribution in [-0.2, 0) is 6.18 Å². The van der Waals surface area contributed by atoms with Gasteiger partial charge in [0.15, 0.2) is 0 Å². The van der Waals surface area contributed by atoms with Crippen LogP contribution in [0.5, 0.6) is 5.75 Å². The number of rotatable bonds is 2. The van der Waals surface area contributed by atoms with Crippen LogP contribution in [0.15, 0.2) is 22.7 Å². The second-order valence-corrected chi connectivity index (χ2v) is 5.65. The largest absolute Gasteiger partial charge is 0.489 e. The molecule has 1 aromatic rings. The zero-order chi connectivity index (χ0) is 14.0. The Morgan fingerprint density at radius 2 is 1.79 bits per heavy atom. The molecule has 0 bridgehead atoms. The molecule has 0 radical (unpaired) electrons. The number of halogens is 4. The average molecular weight is 338 g/mol. The lowest BCUT2D eigenvalue weighted by atomic mass is 9.94. The molecular weight excluding hydrogens is 323 g/mol. The highest BCUT2D eigenvalue weighted by atomic mass is 79.9. The third-order valence-electron chi connectivity index (χ3n) is 3.27. The number of benzene rings is 1. The Balaban J connectivity index is 2.05. The van der Waals surface area contributed by atoms with E-state index in [0.29, 0.717) is 10.2 Å². The van der Waals surface area contributed by atoms with Gasteiger partial charge in [-0.05, 0) is 59.8 Å². The van der Waals surface area contributed by atoms with Gasteiger partial charge in [0.1, 0.15) is 5.75 Å². The minimum absolute atomic E-state index is 0.0350. The summed E-state index contributed by atoms with van der Waals surface area (Å²) in [6, 6.07) is 3.66. The van der Waals surface area contributed by atoms with E-state index in [1.54, 1.807) is 0 Å². The van der Waals surface area contributed by atoms with Crippen molar-refractivity contribution in [1.82, 2.24) is 0 Å². The van der Waals surface area contributed by atoms with Crippen LogP contribution in [0.1, 0.15) is 31.2 Å². The first-order chi connectivity index (χ1) is 8.86. The molecule has 0 aliphatic heterocycles. The topological polar surface area (TPSA) is 35.2 Å². The molecule has 0 saturated heterocycles. The standard InChI is InChI=1S/C13H15BrF3NO/c14-11-7-8(13(15,16)17)1-6-12(11)19-10-4-2-9(18)3-5-10/h1,6-7,9-10H,2-5,18H2. The van der Waals surface area contributed by atoms with Gasteiger partial charge in [-0.15, -0.1) is 0 Å². The molecule has 1 aliphatic rings. The zero-order valence-electron chi connectivity index (χ0n) is 10.2. The Morgan fingerprint density at radius 1 is 1.16 bits per heavy atom. The van der Waals surface area contributed by atoms with Crippen LogP contribution in [0.3, 0.4) is 0 Å². The second kappa shape index (κ2) is 5.71. The molecule has 0 heterocycles. The maximum Gasteiger partial charge on any atom is 0.416 e. The number of ether oxygens (including phenoxy) is 1. The van der Waals surface area contributed by atoms with Crippen LogP contribution in [-0.4, -0.2) is 12.1 Å². The van der Waals surface area contributed by atoms with Crippen molar-refractivity contribution >= 4 is 15.9 Å². The predicted octanol–water partition coefficient (Wildman–Crippen LogP) is 4.12. The number of alkyl halides is 3. The van der Waals surface area contributed by atoms with Crippen molar-refractivity contribution in [2.24, 2.45) is 5.73 Å². The highest BCUT2D eigenvalue weighted by Gasteiger charge is 2.31. The Labute approximate surface area is 118 Å². The molecule has 0 atom stereocenters. The van der Waals surface area contributed by atoms with E-state index in [4.69, 9.17) is 10.5 Å². The van der Waals surface area contributed by atoms with Gasteiger partial charge in [0.05, 0.1) is 16.1 Å². The van der Waals surface area contributed by atoms with E-state index in [0.717, 1.165) is 37.8 Å². The fourth-order valence-corrected chi connectivity index (χ4v) is 2.63. The smallest absolute Gasteiger partial charge is 0.416 e. The first kappa shape index (κ1) is 14.7. The minimum Gasteiger partial charge on any atom is -0.489 e. The second-order valence-electron chi connectivity index (χ2n) is 4.80. The first-order valence-corrected chi connectivity index (χ1v) is 6.94. The molecule has 0 spiro atoms. The zero-order valence-corrected chi connectivity index (χ0v) is 11.8. The van der Waals surface area contributed by atoms with Crippen LogP contribution in [0.25, 0.3) is 0 Å². The van der Waals surface area contributed by atoms with Gasteiger partial charge >= 0.3 is 6.18 Å². The summed E-state index contributed by atoms with van der Waals surface area (Å²) < 4.78 is 43.6. The summed E-state index contributed by atoms with van der Waals surface area (Å²) in [6.07, 6.45) is -0.832. The highest BCUT2D eigenvalue weighted by molar-refractivity contribution is 9.10. The molecule has 1 aliphatic carbocycles. The van der Waals surface area contributed by atoms with Crippen molar-refractivity contribution in [2.45, 2.75) is 44.0 Å². The Hall–Kier alpha value is -0.750. The van der Waals surface area contributed by atoms with E-state index in [1.165, 1.54) is 6.07 Å². The van der Waals surface area contributed by atoms with Gasteiger partial charge in [-0.2, -0.15) is 13.2 Å². The molecule has 0 unspecified atom stereocenters. The lowest BCUT2D eigenvalue weighted by Crippen LogP contribution is -2.31.